The Morgan fingerprint density at radius 2 is 1.56 bits per heavy atom. The van der Waals surface area contributed by atoms with Crippen molar-refractivity contribution < 1.29 is 19.1 Å². The molecule has 1 fully saturated rings. The van der Waals surface area contributed by atoms with Crippen LogP contribution >= 0.6 is 0 Å². The number of nitrogens with zero attached hydrogens (tertiary/aromatic N) is 2. The van der Waals surface area contributed by atoms with Gasteiger partial charge in [-0.3, -0.25) is 14.9 Å². The van der Waals surface area contributed by atoms with Gasteiger partial charge in [-0.15, -0.1) is 0 Å². The second-order valence-electron chi connectivity index (χ2n) is 8.32. The van der Waals surface area contributed by atoms with Gasteiger partial charge in [0, 0.05) is 17.1 Å². The third kappa shape index (κ3) is 4.12. The molecule has 1 N–H and O–H groups in total. The number of urea groups is 1. The Morgan fingerprint density at radius 1 is 0.882 bits per heavy atom. The third-order valence-corrected chi connectivity index (χ3v) is 6.03. The van der Waals surface area contributed by atoms with E-state index >= 15 is 0 Å². The van der Waals surface area contributed by atoms with Gasteiger partial charge in [0.05, 0.1) is 12.3 Å². The molecule has 0 unspecified atom stereocenters. The zero-order valence-corrected chi connectivity index (χ0v) is 19.9. The highest BCUT2D eigenvalue weighted by molar-refractivity contribution is 6.39. The molecule has 4 rings (SSSR count). The van der Waals surface area contributed by atoms with E-state index in [2.05, 4.69) is 5.32 Å². The van der Waals surface area contributed by atoms with Crippen molar-refractivity contribution in [3.05, 3.63) is 82.2 Å². The van der Waals surface area contributed by atoms with Crippen LogP contribution in [0.15, 0.2) is 54.1 Å². The molecule has 2 heterocycles. The van der Waals surface area contributed by atoms with Crippen molar-refractivity contribution in [3.8, 4) is 11.4 Å². The Kier molecular flexibility index (Phi) is 6.11. The predicted molar refractivity (Wildman–Crippen MR) is 131 cm³/mol. The molecule has 0 atom stereocenters. The number of amides is 4. The van der Waals surface area contributed by atoms with Crippen LogP contribution in [0, 0.1) is 27.7 Å². The number of benzene rings is 2. The zero-order chi connectivity index (χ0) is 24.6. The van der Waals surface area contributed by atoms with Crippen LogP contribution in [-0.2, 0) is 9.59 Å². The minimum Gasteiger partial charge on any atom is -0.494 e. The second kappa shape index (κ2) is 9.02. The van der Waals surface area contributed by atoms with Crippen LogP contribution in [0.3, 0.4) is 0 Å². The molecule has 0 spiro atoms. The molecule has 7 nitrogen and oxygen atoms in total. The van der Waals surface area contributed by atoms with E-state index < -0.39 is 17.8 Å². The van der Waals surface area contributed by atoms with Gasteiger partial charge in [-0.1, -0.05) is 6.07 Å². The maximum Gasteiger partial charge on any atom is 0.335 e. The van der Waals surface area contributed by atoms with Gasteiger partial charge >= 0.3 is 6.03 Å². The minimum atomic E-state index is -0.754. The van der Waals surface area contributed by atoms with Crippen molar-refractivity contribution in [1.82, 2.24) is 9.88 Å². The van der Waals surface area contributed by atoms with E-state index in [0.717, 1.165) is 44.4 Å². The molecule has 1 aliphatic rings. The summed E-state index contributed by atoms with van der Waals surface area (Å²) in [6.07, 6.45) is 1.55. The lowest BCUT2D eigenvalue weighted by Crippen LogP contribution is -2.54. The van der Waals surface area contributed by atoms with Crippen molar-refractivity contribution in [1.29, 1.82) is 0 Å². The summed E-state index contributed by atoms with van der Waals surface area (Å²) in [5, 5.41) is 2.29. The first-order valence-electron chi connectivity index (χ1n) is 11.1. The standard InChI is InChI=1S/C27H27N3O4/c1-6-34-23-11-9-21(10-12-23)29-18(4)14-20(19(29)5)15-24-25(31)28-27(33)30(26(24)32)22-8-7-16(2)17(3)13-22/h7-15H,6H2,1-5H3,(H,28,31,33)/b24-15+. The van der Waals surface area contributed by atoms with Gasteiger partial charge in [0.15, 0.2) is 0 Å². The molecule has 0 saturated carbocycles. The number of carbonyl (C=O) groups excluding carboxylic acids is 3. The highest BCUT2D eigenvalue weighted by Crippen LogP contribution is 2.27. The molecule has 7 heteroatoms. The molecule has 0 bridgehead atoms. The molecule has 1 saturated heterocycles. The molecule has 3 aromatic rings. The topological polar surface area (TPSA) is 80.6 Å². The van der Waals surface area contributed by atoms with Crippen molar-refractivity contribution in [2.45, 2.75) is 34.6 Å². The number of imide groups is 2. The van der Waals surface area contributed by atoms with Gasteiger partial charge in [0.1, 0.15) is 11.3 Å². The summed E-state index contributed by atoms with van der Waals surface area (Å²) in [4.78, 5) is 39.4. The Bertz CT molecular complexity index is 1330. The van der Waals surface area contributed by atoms with E-state index in [1.807, 2.05) is 75.6 Å². The van der Waals surface area contributed by atoms with Crippen LogP contribution in [0.4, 0.5) is 10.5 Å². The SMILES string of the molecule is CCOc1ccc(-n2c(C)cc(/C=C3\C(=O)NC(=O)N(c4ccc(C)c(C)c4)C3=O)c2C)cc1. The summed E-state index contributed by atoms with van der Waals surface area (Å²) in [6, 6.07) is 14.2. The maximum absolute atomic E-state index is 13.3. The number of aromatic nitrogens is 1. The van der Waals surface area contributed by atoms with Crippen LogP contribution < -0.4 is 15.0 Å². The molecule has 1 aromatic heterocycles. The molecule has 4 amide bonds. The van der Waals surface area contributed by atoms with Gasteiger partial charge in [0.25, 0.3) is 11.8 Å². The molecule has 0 aliphatic carbocycles. The number of nitrogens with one attached hydrogen (secondary N) is 1. The molecule has 0 radical (unpaired) electrons. The monoisotopic (exact) mass is 457 g/mol. The van der Waals surface area contributed by atoms with E-state index in [1.54, 1.807) is 18.2 Å². The summed E-state index contributed by atoms with van der Waals surface area (Å²) in [5.41, 5.74) is 5.78. The van der Waals surface area contributed by atoms with Gasteiger partial charge in [0.2, 0.25) is 0 Å². The molecular formula is C27H27N3O4. The number of anilines is 1. The van der Waals surface area contributed by atoms with Crippen LogP contribution in [0.25, 0.3) is 11.8 Å². The number of ether oxygens (including phenoxy) is 1. The smallest absolute Gasteiger partial charge is 0.335 e. The fourth-order valence-electron chi connectivity index (χ4n) is 4.10. The van der Waals surface area contributed by atoms with Crippen LogP contribution in [0.2, 0.25) is 0 Å². The van der Waals surface area contributed by atoms with Crippen LogP contribution in [-0.4, -0.2) is 29.0 Å². The molecule has 34 heavy (non-hydrogen) atoms. The van der Waals surface area contributed by atoms with Crippen molar-refractivity contribution in [2.75, 3.05) is 11.5 Å². The van der Waals surface area contributed by atoms with E-state index in [-0.39, 0.29) is 5.57 Å². The number of carbonyl (C=O) groups is 3. The van der Waals surface area contributed by atoms with E-state index in [0.29, 0.717) is 12.3 Å². The minimum absolute atomic E-state index is 0.0928. The fourth-order valence-corrected chi connectivity index (χ4v) is 4.10. The maximum atomic E-state index is 13.3. The van der Waals surface area contributed by atoms with Crippen molar-refractivity contribution in [2.24, 2.45) is 0 Å². The Labute approximate surface area is 198 Å². The average molecular weight is 458 g/mol. The molecule has 174 valence electrons. The normalized spacial score (nSPS) is 15.1. The lowest BCUT2D eigenvalue weighted by molar-refractivity contribution is -0.122. The largest absolute Gasteiger partial charge is 0.494 e. The van der Waals surface area contributed by atoms with E-state index in [1.165, 1.54) is 0 Å². The number of rotatable bonds is 5. The Hall–Kier alpha value is -4.13. The van der Waals surface area contributed by atoms with Gasteiger partial charge in [-0.2, -0.15) is 0 Å². The lowest BCUT2D eigenvalue weighted by atomic mass is 10.1. The highest BCUT2D eigenvalue weighted by atomic mass is 16.5. The summed E-state index contributed by atoms with van der Waals surface area (Å²) in [7, 11) is 0. The molecule has 1 aliphatic heterocycles. The third-order valence-electron chi connectivity index (χ3n) is 6.03. The van der Waals surface area contributed by atoms with Gasteiger partial charge in [-0.05, 0) is 99.8 Å². The Morgan fingerprint density at radius 3 is 2.21 bits per heavy atom. The first-order valence-corrected chi connectivity index (χ1v) is 11.1. The van der Waals surface area contributed by atoms with Crippen molar-refractivity contribution >= 4 is 29.6 Å². The van der Waals surface area contributed by atoms with E-state index in [9.17, 15) is 14.4 Å². The first kappa shape index (κ1) is 23.0. The predicted octanol–water partition coefficient (Wildman–Crippen LogP) is 4.78. The first-order chi connectivity index (χ1) is 16.2. The summed E-state index contributed by atoms with van der Waals surface area (Å²) >= 11 is 0. The lowest BCUT2D eigenvalue weighted by Gasteiger charge is -2.26. The summed E-state index contributed by atoms with van der Waals surface area (Å²) in [5.74, 6) is -0.569. The van der Waals surface area contributed by atoms with E-state index in [4.69, 9.17) is 4.74 Å². The number of barbiturate groups is 1. The zero-order valence-electron chi connectivity index (χ0n) is 19.9. The summed E-state index contributed by atoms with van der Waals surface area (Å²) in [6.45, 7) is 10.3. The van der Waals surface area contributed by atoms with Crippen LogP contribution in [0.1, 0.15) is 35.0 Å². The molecule has 2 aromatic carbocycles. The molecular weight excluding hydrogens is 430 g/mol. The Balaban J connectivity index is 1.72. The average Bonchev–Trinajstić information content (AvgIpc) is 3.07. The number of hydrogen-bond acceptors (Lipinski definition) is 4. The van der Waals surface area contributed by atoms with Crippen LogP contribution in [0.5, 0.6) is 5.75 Å². The number of aryl methyl sites for hydroxylation is 3. The van der Waals surface area contributed by atoms with Gasteiger partial charge < -0.3 is 9.30 Å². The second-order valence-corrected chi connectivity index (χ2v) is 8.32. The quantitative estimate of drug-likeness (QED) is 0.442. The highest BCUT2D eigenvalue weighted by Gasteiger charge is 2.37. The fraction of sp³-hybridized carbons (Fsp3) is 0.222. The van der Waals surface area contributed by atoms with Crippen molar-refractivity contribution in [3.63, 3.8) is 0 Å². The van der Waals surface area contributed by atoms with Gasteiger partial charge in [-0.25, -0.2) is 9.69 Å². The number of hydrogen-bond donors (Lipinski definition) is 1. The summed E-state index contributed by atoms with van der Waals surface area (Å²) < 4.78 is 7.56.